The Balaban J connectivity index is 1.85. The molecule has 0 radical (unpaired) electrons. The number of rotatable bonds is 9. The van der Waals surface area contributed by atoms with Crippen LogP contribution in [-0.2, 0) is 14.8 Å². The first-order chi connectivity index (χ1) is 13.1. The van der Waals surface area contributed by atoms with Crippen LogP contribution in [0, 0.1) is 13.8 Å². The monoisotopic (exact) mass is 440 g/mol. The topological polar surface area (TPSA) is 66.5 Å². The number of carbonyl (C=O) groups is 1. The third kappa shape index (κ3) is 7.37. The molecule has 2 aromatic carbocycles. The maximum atomic E-state index is 12.3. The van der Waals surface area contributed by atoms with Gasteiger partial charge in [-0.15, -0.1) is 11.8 Å². The summed E-state index contributed by atoms with van der Waals surface area (Å²) in [7, 11) is -3.56. The Hall–Kier alpha value is -1.70. The lowest BCUT2D eigenvalue weighted by molar-refractivity contribution is -0.119. The van der Waals surface area contributed by atoms with Gasteiger partial charge in [-0.3, -0.25) is 9.10 Å². The van der Waals surface area contributed by atoms with Crippen LogP contribution in [-0.4, -0.2) is 39.4 Å². The van der Waals surface area contributed by atoms with E-state index in [2.05, 4.69) is 5.32 Å². The fourth-order valence-corrected chi connectivity index (χ4v) is 4.52. The van der Waals surface area contributed by atoms with Crippen LogP contribution < -0.4 is 9.62 Å². The Morgan fingerprint density at radius 2 is 1.71 bits per heavy atom. The maximum absolute atomic E-state index is 12.3. The molecule has 0 fully saturated rings. The Kier molecular flexibility index (Phi) is 8.22. The normalized spacial score (nSPS) is 11.3. The molecule has 0 bridgehead atoms. The number of sulfonamides is 1. The van der Waals surface area contributed by atoms with Gasteiger partial charge < -0.3 is 5.32 Å². The number of nitrogens with one attached hydrogen (secondary N) is 1. The van der Waals surface area contributed by atoms with Gasteiger partial charge in [-0.2, -0.15) is 0 Å². The molecule has 0 saturated carbocycles. The van der Waals surface area contributed by atoms with Crippen molar-refractivity contribution in [1.82, 2.24) is 5.32 Å². The van der Waals surface area contributed by atoms with Gasteiger partial charge in [-0.05, 0) is 73.5 Å². The zero-order chi connectivity index (χ0) is 20.7. The number of nitrogens with zero attached hydrogens (tertiary/aromatic N) is 1. The second-order valence-corrected chi connectivity index (χ2v) is 10.1. The lowest BCUT2D eigenvalue weighted by Gasteiger charge is -2.22. The fourth-order valence-electron chi connectivity index (χ4n) is 2.70. The first-order valence-corrected chi connectivity index (χ1v) is 12.1. The van der Waals surface area contributed by atoms with E-state index in [1.807, 2.05) is 44.2 Å². The molecule has 0 spiro atoms. The van der Waals surface area contributed by atoms with Crippen molar-refractivity contribution in [3.8, 4) is 0 Å². The Morgan fingerprint density at radius 3 is 2.29 bits per heavy atom. The smallest absolute Gasteiger partial charge is 0.240 e. The van der Waals surface area contributed by atoms with Crippen molar-refractivity contribution >= 4 is 45.0 Å². The summed E-state index contributed by atoms with van der Waals surface area (Å²) >= 11 is 7.54. The highest BCUT2D eigenvalue weighted by atomic mass is 35.5. The number of anilines is 1. The third-order valence-corrected chi connectivity index (χ3v) is 6.40. The van der Waals surface area contributed by atoms with E-state index in [1.165, 1.54) is 0 Å². The Morgan fingerprint density at radius 1 is 1.11 bits per heavy atom. The minimum atomic E-state index is -3.56. The van der Waals surface area contributed by atoms with E-state index in [-0.39, 0.29) is 12.5 Å². The van der Waals surface area contributed by atoms with Gasteiger partial charge in [0.15, 0.2) is 0 Å². The predicted molar refractivity (Wildman–Crippen MR) is 118 cm³/mol. The highest BCUT2D eigenvalue weighted by Crippen LogP contribution is 2.22. The van der Waals surface area contributed by atoms with Crippen molar-refractivity contribution in [3.05, 3.63) is 58.6 Å². The minimum Gasteiger partial charge on any atom is -0.354 e. The van der Waals surface area contributed by atoms with Gasteiger partial charge in [0.05, 0.1) is 11.9 Å². The SMILES string of the molecule is Cc1cc(C)cc(N(CC(=O)NCCCSc2ccc(Cl)cc2)S(C)(=O)=O)c1. The molecule has 2 aromatic rings. The molecule has 0 atom stereocenters. The quantitative estimate of drug-likeness (QED) is 0.472. The summed E-state index contributed by atoms with van der Waals surface area (Å²) in [5, 5.41) is 3.50. The van der Waals surface area contributed by atoms with Crippen molar-refractivity contribution in [3.63, 3.8) is 0 Å². The second kappa shape index (κ2) is 10.2. The van der Waals surface area contributed by atoms with Gasteiger partial charge in [-0.25, -0.2) is 8.42 Å². The van der Waals surface area contributed by atoms with Crippen molar-refractivity contribution in [2.45, 2.75) is 25.2 Å². The van der Waals surface area contributed by atoms with E-state index >= 15 is 0 Å². The standard InChI is InChI=1S/C20H25ClN2O3S2/c1-15-11-16(2)13-18(12-15)23(28(3,25)26)14-20(24)22-9-4-10-27-19-7-5-17(21)6-8-19/h5-8,11-13H,4,9-10,14H2,1-3H3,(H,22,24). The van der Waals surface area contributed by atoms with Crippen LogP contribution in [0.1, 0.15) is 17.5 Å². The van der Waals surface area contributed by atoms with Gasteiger partial charge in [-0.1, -0.05) is 17.7 Å². The van der Waals surface area contributed by atoms with Gasteiger partial charge in [0, 0.05) is 16.5 Å². The molecule has 2 rings (SSSR count). The molecule has 0 saturated heterocycles. The lowest BCUT2D eigenvalue weighted by Crippen LogP contribution is -2.40. The zero-order valence-electron chi connectivity index (χ0n) is 16.2. The number of benzene rings is 2. The van der Waals surface area contributed by atoms with Gasteiger partial charge in [0.2, 0.25) is 15.9 Å². The van der Waals surface area contributed by atoms with Crippen molar-refractivity contribution < 1.29 is 13.2 Å². The van der Waals surface area contributed by atoms with Crippen LogP contribution in [0.2, 0.25) is 5.02 Å². The number of hydrogen-bond donors (Lipinski definition) is 1. The van der Waals surface area contributed by atoms with Gasteiger partial charge >= 0.3 is 0 Å². The highest BCUT2D eigenvalue weighted by molar-refractivity contribution is 7.99. The Bertz CT molecular complexity index is 895. The predicted octanol–water partition coefficient (Wildman–Crippen LogP) is 4.02. The zero-order valence-corrected chi connectivity index (χ0v) is 18.6. The van der Waals surface area contributed by atoms with Crippen LogP contribution in [0.4, 0.5) is 5.69 Å². The molecule has 0 heterocycles. The molecule has 0 aliphatic rings. The number of carbonyl (C=O) groups excluding carboxylic acids is 1. The summed E-state index contributed by atoms with van der Waals surface area (Å²) in [6, 6.07) is 13.1. The largest absolute Gasteiger partial charge is 0.354 e. The van der Waals surface area contributed by atoms with Crippen LogP contribution in [0.25, 0.3) is 0 Å². The van der Waals surface area contributed by atoms with E-state index in [0.717, 1.165) is 38.8 Å². The summed E-state index contributed by atoms with van der Waals surface area (Å²) in [6.45, 7) is 4.06. The minimum absolute atomic E-state index is 0.230. The lowest BCUT2D eigenvalue weighted by atomic mass is 10.1. The molecule has 0 unspecified atom stereocenters. The number of aryl methyl sites for hydroxylation is 2. The average molecular weight is 441 g/mol. The molecule has 0 aromatic heterocycles. The molecule has 1 amide bonds. The summed E-state index contributed by atoms with van der Waals surface area (Å²) in [6.07, 6.45) is 1.89. The fraction of sp³-hybridized carbons (Fsp3) is 0.350. The highest BCUT2D eigenvalue weighted by Gasteiger charge is 2.21. The summed E-state index contributed by atoms with van der Waals surface area (Å²) in [4.78, 5) is 13.4. The maximum Gasteiger partial charge on any atom is 0.240 e. The molecule has 1 N–H and O–H groups in total. The summed E-state index contributed by atoms with van der Waals surface area (Å²) in [5.74, 6) is 0.524. The van der Waals surface area contributed by atoms with Crippen LogP contribution in [0.5, 0.6) is 0 Å². The van der Waals surface area contributed by atoms with E-state index in [9.17, 15) is 13.2 Å². The van der Waals surface area contributed by atoms with E-state index in [0.29, 0.717) is 17.3 Å². The molecule has 5 nitrogen and oxygen atoms in total. The van der Waals surface area contributed by atoms with Gasteiger partial charge in [0.1, 0.15) is 6.54 Å². The molecule has 8 heteroatoms. The van der Waals surface area contributed by atoms with Crippen molar-refractivity contribution in [2.24, 2.45) is 0 Å². The van der Waals surface area contributed by atoms with E-state index in [4.69, 9.17) is 11.6 Å². The number of hydrogen-bond acceptors (Lipinski definition) is 4. The molecule has 152 valence electrons. The number of thioether (sulfide) groups is 1. The number of amides is 1. The average Bonchev–Trinajstić information content (AvgIpc) is 2.59. The van der Waals surface area contributed by atoms with E-state index < -0.39 is 10.0 Å². The van der Waals surface area contributed by atoms with E-state index in [1.54, 1.807) is 23.9 Å². The van der Waals surface area contributed by atoms with Crippen molar-refractivity contribution in [1.29, 1.82) is 0 Å². The van der Waals surface area contributed by atoms with Crippen LogP contribution >= 0.6 is 23.4 Å². The van der Waals surface area contributed by atoms with Crippen molar-refractivity contribution in [2.75, 3.05) is 29.4 Å². The summed E-state index contributed by atoms with van der Waals surface area (Å²) in [5.41, 5.74) is 2.40. The first-order valence-electron chi connectivity index (χ1n) is 8.86. The van der Waals surface area contributed by atoms with Crippen LogP contribution in [0.3, 0.4) is 0 Å². The molecule has 0 aliphatic heterocycles. The molecule has 0 aliphatic carbocycles. The third-order valence-electron chi connectivity index (χ3n) is 3.91. The molecule has 28 heavy (non-hydrogen) atoms. The Labute approximate surface area is 176 Å². The summed E-state index contributed by atoms with van der Waals surface area (Å²) < 4.78 is 25.5. The van der Waals surface area contributed by atoms with Crippen LogP contribution in [0.15, 0.2) is 47.4 Å². The molecular formula is C20H25ClN2O3S2. The van der Waals surface area contributed by atoms with Gasteiger partial charge in [0.25, 0.3) is 0 Å². The second-order valence-electron chi connectivity index (χ2n) is 6.62. The molecular weight excluding hydrogens is 416 g/mol. The number of halogens is 1. The first kappa shape index (κ1) is 22.6.